The number of nitrogens with zero attached hydrogens (tertiary/aromatic N) is 1. The Balaban J connectivity index is 1.61. The van der Waals surface area contributed by atoms with Gasteiger partial charge in [0.25, 0.3) is 11.5 Å². The third kappa shape index (κ3) is 4.07. The number of piperidine rings is 2. The summed E-state index contributed by atoms with van der Waals surface area (Å²) in [5, 5.41) is 3.46. The van der Waals surface area contributed by atoms with Crippen LogP contribution in [-0.2, 0) is 15.1 Å². The van der Waals surface area contributed by atoms with Gasteiger partial charge in [0.05, 0.1) is 7.11 Å². The van der Waals surface area contributed by atoms with Crippen LogP contribution >= 0.6 is 0 Å². The summed E-state index contributed by atoms with van der Waals surface area (Å²) in [6.45, 7) is 2.11. The lowest BCUT2D eigenvalue weighted by Crippen LogP contribution is -2.59. The number of para-hydroxylation sites is 1. The normalized spacial score (nSPS) is 22.3. The van der Waals surface area contributed by atoms with Gasteiger partial charge in [-0.2, -0.15) is 13.2 Å². The van der Waals surface area contributed by atoms with E-state index in [4.69, 9.17) is 9.47 Å². The molecule has 1 spiro atoms. The topological polar surface area (TPSA) is 50.8 Å². The fourth-order valence-electron chi connectivity index (χ4n) is 5.75. The molecule has 0 aromatic heterocycles. The summed E-state index contributed by atoms with van der Waals surface area (Å²) < 4.78 is 53.8. The van der Waals surface area contributed by atoms with Crippen LogP contribution in [0.15, 0.2) is 54.6 Å². The zero-order chi connectivity index (χ0) is 24.4. The van der Waals surface area contributed by atoms with Gasteiger partial charge >= 0.3 is 6.18 Å². The van der Waals surface area contributed by atoms with Crippen LogP contribution in [0.2, 0.25) is 0 Å². The van der Waals surface area contributed by atoms with E-state index in [0.717, 1.165) is 37.9 Å². The van der Waals surface area contributed by atoms with Crippen molar-refractivity contribution in [2.45, 2.75) is 37.0 Å². The van der Waals surface area contributed by atoms with E-state index in [9.17, 15) is 18.0 Å². The van der Waals surface area contributed by atoms with E-state index in [2.05, 4.69) is 11.4 Å². The highest BCUT2D eigenvalue weighted by molar-refractivity contribution is 5.88. The van der Waals surface area contributed by atoms with Crippen LogP contribution in [0.1, 0.15) is 36.3 Å². The molecule has 8 heteroatoms. The monoisotopic (exact) mass is 476 g/mol. The van der Waals surface area contributed by atoms with E-state index in [-0.39, 0.29) is 30.0 Å². The van der Waals surface area contributed by atoms with Crippen LogP contribution in [0.25, 0.3) is 0 Å². The van der Waals surface area contributed by atoms with Gasteiger partial charge in [0.1, 0.15) is 5.75 Å². The number of halogens is 3. The molecule has 0 bridgehead atoms. The Morgan fingerprint density at radius 2 is 1.65 bits per heavy atom. The molecule has 184 valence electrons. The number of methoxy groups -OCH3 is 2. The number of alkyl halides is 3. The Hall–Kier alpha value is -2.58. The van der Waals surface area contributed by atoms with E-state index >= 15 is 0 Å². The van der Waals surface area contributed by atoms with E-state index in [1.807, 2.05) is 18.2 Å². The van der Waals surface area contributed by atoms with Gasteiger partial charge in [-0.1, -0.05) is 48.5 Å². The van der Waals surface area contributed by atoms with Crippen LogP contribution in [-0.4, -0.2) is 57.4 Å². The average molecular weight is 477 g/mol. The number of carbonyl (C=O) groups excluding carboxylic acids is 1. The molecule has 2 atom stereocenters. The number of rotatable bonds is 5. The highest BCUT2D eigenvalue weighted by Gasteiger charge is 2.64. The van der Waals surface area contributed by atoms with Crippen molar-refractivity contribution in [3.8, 4) is 5.75 Å². The lowest BCUT2D eigenvalue weighted by Gasteiger charge is -2.51. The largest absolute Gasteiger partial charge is 0.496 e. The quantitative estimate of drug-likeness (QED) is 0.691. The number of carbonyl (C=O) groups is 1. The number of amides is 1. The van der Waals surface area contributed by atoms with Gasteiger partial charge < -0.3 is 19.7 Å². The first kappa shape index (κ1) is 24.5. The number of ether oxygens (including phenoxy) is 2. The highest BCUT2D eigenvalue weighted by Crippen LogP contribution is 2.51. The molecule has 0 aliphatic carbocycles. The molecule has 2 aromatic rings. The van der Waals surface area contributed by atoms with Gasteiger partial charge in [-0.05, 0) is 42.9 Å². The summed E-state index contributed by atoms with van der Waals surface area (Å²) in [5.74, 6) is -0.0847. The Labute approximate surface area is 198 Å². The van der Waals surface area contributed by atoms with E-state index < -0.39 is 17.7 Å². The van der Waals surface area contributed by atoms with Crippen LogP contribution in [0, 0.1) is 5.41 Å². The molecule has 2 aromatic carbocycles. The fraction of sp³-hybridized carbons (Fsp3) is 0.500. The number of likely N-dealkylation sites (tertiary alicyclic amines) is 1. The lowest BCUT2D eigenvalue weighted by atomic mass is 9.62. The number of hydrogen-bond acceptors (Lipinski definition) is 4. The smallest absolute Gasteiger partial charge is 0.430 e. The zero-order valence-corrected chi connectivity index (χ0v) is 19.5. The van der Waals surface area contributed by atoms with Gasteiger partial charge in [0.15, 0.2) is 0 Å². The molecule has 1 amide bonds. The third-order valence-electron chi connectivity index (χ3n) is 7.63. The van der Waals surface area contributed by atoms with E-state index in [0.29, 0.717) is 12.8 Å². The minimum Gasteiger partial charge on any atom is -0.496 e. The van der Waals surface area contributed by atoms with Gasteiger partial charge in [0.2, 0.25) is 0 Å². The predicted molar refractivity (Wildman–Crippen MR) is 123 cm³/mol. The fourth-order valence-corrected chi connectivity index (χ4v) is 5.75. The third-order valence-corrected chi connectivity index (χ3v) is 7.63. The van der Waals surface area contributed by atoms with Crippen molar-refractivity contribution >= 4 is 5.91 Å². The number of benzene rings is 2. The van der Waals surface area contributed by atoms with Gasteiger partial charge in [-0.3, -0.25) is 4.79 Å². The summed E-state index contributed by atoms with van der Waals surface area (Å²) in [5.41, 5.74) is -2.24. The minimum atomic E-state index is -4.90. The summed E-state index contributed by atoms with van der Waals surface area (Å²) >= 11 is 0. The standard InChI is InChI=1S/C26H31F3N2O3/c1-33-22-11-7-6-10-20(22)21-18-30-15-12-24(21)13-16-31(17-14-24)23(32)25(34-2,26(27,28)29)19-8-4-3-5-9-19/h3-11,21,30H,12-18H2,1-2H3/t21-,25-/m1/s1. The first-order valence-electron chi connectivity index (χ1n) is 11.6. The second-order valence-corrected chi connectivity index (χ2v) is 9.15. The van der Waals surface area contributed by atoms with Crippen molar-refractivity contribution in [3.05, 3.63) is 65.7 Å². The Morgan fingerprint density at radius 1 is 1.00 bits per heavy atom. The van der Waals surface area contributed by atoms with Gasteiger partial charge in [-0.25, -0.2) is 0 Å². The second-order valence-electron chi connectivity index (χ2n) is 9.15. The predicted octanol–water partition coefficient (Wildman–Crippen LogP) is 4.49. The van der Waals surface area contributed by atoms with Crippen molar-refractivity contribution in [3.63, 3.8) is 0 Å². The maximum absolute atomic E-state index is 14.4. The Kier molecular flexibility index (Phi) is 6.92. The molecule has 2 saturated heterocycles. The van der Waals surface area contributed by atoms with Gasteiger partial charge in [0, 0.05) is 38.2 Å². The maximum atomic E-state index is 14.4. The molecule has 2 fully saturated rings. The van der Waals surface area contributed by atoms with E-state index in [1.165, 1.54) is 29.2 Å². The average Bonchev–Trinajstić information content (AvgIpc) is 2.85. The molecule has 0 saturated carbocycles. The summed E-state index contributed by atoms with van der Waals surface area (Å²) in [7, 11) is 2.60. The molecule has 2 aliphatic heterocycles. The van der Waals surface area contributed by atoms with Crippen molar-refractivity contribution in [1.82, 2.24) is 10.2 Å². The summed E-state index contributed by atoms with van der Waals surface area (Å²) in [6, 6.07) is 15.1. The highest BCUT2D eigenvalue weighted by atomic mass is 19.4. The molecule has 34 heavy (non-hydrogen) atoms. The molecule has 1 N–H and O–H groups in total. The van der Waals surface area contributed by atoms with Crippen LogP contribution in [0.3, 0.4) is 0 Å². The molecule has 0 unspecified atom stereocenters. The van der Waals surface area contributed by atoms with Crippen LogP contribution < -0.4 is 10.1 Å². The van der Waals surface area contributed by atoms with E-state index in [1.54, 1.807) is 13.2 Å². The molecular formula is C26H31F3N2O3. The van der Waals surface area contributed by atoms with Crippen molar-refractivity contribution < 1.29 is 27.4 Å². The Morgan fingerprint density at radius 3 is 2.26 bits per heavy atom. The first-order chi connectivity index (χ1) is 16.3. The summed E-state index contributed by atoms with van der Waals surface area (Å²) in [4.78, 5) is 14.8. The van der Waals surface area contributed by atoms with Crippen molar-refractivity contribution in [2.75, 3.05) is 40.4 Å². The van der Waals surface area contributed by atoms with Crippen LogP contribution in [0.4, 0.5) is 13.2 Å². The molecule has 4 rings (SSSR count). The van der Waals surface area contributed by atoms with Crippen molar-refractivity contribution in [1.29, 1.82) is 0 Å². The molecule has 2 aliphatic rings. The first-order valence-corrected chi connectivity index (χ1v) is 11.6. The molecule has 0 radical (unpaired) electrons. The number of nitrogens with one attached hydrogen (secondary N) is 1. The molecular weight excluding hydrogens is 445 g/mol. The second kappa shape index (κ2) is 9.58. The molecule has 5 nitrogen and oxygen atoms in total. The van der Waals surface area contributed by atoms with Crippen molar-refractivity contribution in [2.24, 2.45) is 5.41 Å². The zero-order valence-electron chi connectivity index (χ0n) is 19.5. The lowest BCUT2D eigenvalue weighted by molar-refractivity contribution is -0.271. The molecule has 2 heterocycles. The SMILES string of the molecule is COc1ccccc1[C@H]1CNCCC12CCN(C(=O)[C@](OC)(c1ccccc1)C(F)(F)F)CC2. The minimum absolute atomic E-state index is 0.114. The maximum Gasteiger partial charge on any atom is 0.430 e. The van der Waals surface area contributed by atoms with Crippen LogP contribution in [0.5, 0.6) is 5.75 Å². The Bertz CT molecular complexity index is 990. The summed E-state index contributed by atoms with van der Waals surface area (Å²) in [6.07, 6.45) is -2.76. The number of hydrogen-bond donors (Lipinski definition) is 1. The van der Waals surface area contributed by atoms with Gasteiger partial charge in [-0.15, -0.1) is 0 Å².